The van der Waals surface area contributed by atoms with Crippen molar-refractivity contribution in [2.24, 2.45) is 0 Å². The van der Waals surface area contributed by atoms with Gasteiger partial charge in [0.15, 0.2) is 0 Å². The Hall–Kier alpha value is -3.29. The molecule has 7 heteroatoms. The van der Waals surface area contributed by atoms with Crippen molar-refractivity contribution in [2.75, 3.05) is 18.9 Å². The first-order valence-corrected chi connectivity index (χ1v) is 11.0. The minimum atomic E-state index is -0.159. The molecule has 0 aliphatic heterocycles. The molecule has 0 spiro atoms. The van der Waals surface area contributed by atoms with Crippen LogP contribution in [0.15, 0.2) is 65.5 Å². The number of aromatic amines is 1. The molecule has 158 valence electrons. The van der Waals surface area contributed by atoms with Gasteiger partial charge in [-0.2, -0.15) is 0 Å². The largest absolute Gasteiger partial charge is 0.325 e. The summed E-state index contributed by atoms with van der Waals surface area (Å²) in [5, 5.41) is 3.56. The molecule has 0 atom stereocenters. The molecular weight excluding hydrogens is 408 g/mol. The highest BCUT2D eigenvalue weighted by Gasteiger charge is 2.13. The molecule has 2 aromatic carbocycles. The van der Waals surface area contributed by atoms with Gasteiger partial charge >= 0.3 is 0 Å². The molecule has 0 saturated carbocycles. The first kappa shape index (κ1) is 21.0. The van der Waals surface area contributed by atoms with Crippen LogP contribution in [0, 0.1) is 0 Å². The number of aromatic nitrogens is 2. The van der Waals surface area contributed by atoms with Gasteiger partial charge in [-0.1, -0.05) is 55.5 Å². The molecule has 2 heterocycles. The summed E-state index contributed by atoms with van der Waals surface area (Å²) in [6, 6.07) is 19.6. The van der Waals surface area contributed by atoms with E-state index in [1.165, 1.54) is 11.3 Å². The highest BCUT2D eigenvalue weighted by Crippen LogP contribution is 2.30. The highest BCUT2D eigenvalue weighted by atomic mass is 32.1. The lowest BCUT2D eigenvalue weighted by Crippen LogP contribution is -2.31. The average molecular weight is 433 g/mol. The maximum Gasteiger partial charge on any atom is 0.259 e. The SMILES string of the molecule is CCc1ccccc1NC(=O)CN(C)Cc1nc2sc(-c3ccccc3)cc2c(=O)[nH]1. The zero-order chi connectivity index (χ0) is 21.8. The zero-order valence-corrected chi connectivity index (χ0v) is 18.3. The van der Waals surface area contributed by atoms with Gasteiger partial charge in [0.05, 0.1) is 18.5 Å². The number of para-hydroxylation sites is 1. The van der Waals surface area contributed by atoms with E-state index in [2.05, 4.69) is 22.2 Å². The average Bonchev–Trinajstić information content (AvgIpc) is 3.19. The zero-order valence-electron chi connectivity index (χ0n) is 17.5. The van der Waals surface area contributed by atoms with Crippen molar-refractivity contribution >= 4 is 33.1 Å². The van der Waals surface area contributed by atoms with E-state index in [1.807, 2.05) is 72.6 Å². The molecule has 0 unspecified atom stereocenters. The molecule has 6 nitrogen and oxygen atoms in total. The fourth-order valence-corrected chi connectivity index (χ4v) is 4.55. The molecule has 0 radical (unpaired) electrons. The number of nitrogens with one attached hydrogen (secondary N) is 2. The van der Waals surface area contributed by atoms with Crippen molar-refractivity contribution < 1.29 is 4.79 Å². The number of hydrogen-bond donors (Lipinski definition) is 2. The number of amides is 1. The number of fused-ring (bicyclic) bond motifs is 1. The number of nitrogens with zero attached hydrogens (tertiary/aromatic N) is 2. The highest BCUT2D eigenvalue weighted by molar-refractivity contribution is 7.21. The topological polar surface area (TPSA) is 78.1 Å². The number of carbonyl (C=O) groups excluding carboxylic acids is 1. The Balaban J connectivity index is 1.46. The van der Waals surface area contributed by atoms with E-state index >= 15 is 0 Å². The van der Waals surface area contributed by atoms with Crippen LogP contribution in [-0.2, 0) is 17.8 Å². The van der Waals surface area contributed by atoms with Crippen molar-refractivity contribution in [3.8, 4) is 10.4 Å². The van der Waals surface area contributed by atoms with Gasteiger partial charge in [0.1, 0.15) is 10.7 Å². The predicted octanol–water partition coefficient (Wildman–Crippen LogP) is 4.28. The van der Waals surface area contributed by atoms with Crippen LogP contribution in [0.25, 0.3) is 20.7 Å². The van der Waals surface area contributed by atoms with Crippen LogP contribution in [0.4, 0.5) is 5.69 Å². The quantitative estimate of drug-likeness (QED) is 0.457. The number of likely N-dealkylation sites (N-methyl/N-ethyl adjacent to an activating group) is 1. The second-order valence-corrected chi connectivity index (χ2v) is 8.47. The Morgan fingerprint density at radius 3 is 2.65 bits per heavy atom. The molecule has 2 N–H and O–H groups in total. The van der Waals surface area contributed by atoms with Gasteiger partial charge in [0, 0.05) is 10.6 Å². The molecule has 2 aromatic heterocycles. The Kier molecular flexibility index (Phi) is 6.25. The molecule has 0 saturated heterocycles. The smallest absolute Gasteiger partial charge is 0.259 e. The maximum absolute atomic E-state index is 12.6. The van der Waals surface area contributed by atoms with Gasteiger partial charge < -0.3 is 10.3 Å². The summed E-state index contributed by atoms with van der Waals surface area (Å²) >= 11 is 1.50. The van der Waals surface area contributed by atoms with E-state index in [-0.39, 0.29) is 18.0 Å². The Labute approximate surface area is 184 Å². The van der Waals surface area contributed by atoms with Crippen molar-refractivity contribution in [1.82, 2.24) is 14.9 Å². The number of anilines is 1. The van der Waals surface area contributed by atoms with Crippen molar-refractivity contribution in [3.63, 3.8) is 0 Å². The Morgan fingerprint density at radius 2 is 1.87 bits per heavy atom. The molecule has 4 aromatic rings. The van der Waals surface area contributed by atoms with Crippen LogP contribution in [0.2, 0.25) is 0 Å². The van der Waals surface area contributed by atoms with Crippen LogP contribution >= 0.6 is 11.3 Å². The number of H-pyrrole nitrogens is 1. The summed E-state index contributed by atoms with van der Waals surface area (Å²) in [5.41, 5.74) is 2.84. The molecule has 0 aliphatic rings. The number of rotatable bonds is 7. The van der Waals surface area contributed by atoms with Crippen LogP contribution in [0.3, 0.4) is 0 Å². The lowest BCUT2D eigenvalue weighted by Gasteiger charge is -2.16. The second-order valence-electron chi connectivity index (χ2n) is 7.44. The third-order valence-corrected chi connectivity index (χ3v) is 6.09. The molecule has 0 fully saturated rings. The maximum atomic E-state index is 12.6. The van der Waals surface area contributed by atoms with Gasteiger partial charge in [0.25, 0.3) is 5.56 Å². The summed E-state index contributed by atoms with van der Waals surface area (Å²) in [6.07, 6.45) is 0.850. The van der Waals surface area contributed by atoms with E-state index in [9.17, 15) is 9.59 Å². The van der Waals surface area contributed by atoms with Gasteiger partial charge in [-0.05, 0) is 36.7 Å². The summed E-state index contributed by atoms with van der Waals surface area (Å²) in [4.78, 5) is 36.1. The first-order valence-electron chi connectivity index (χ1n) is 10.2. The lowest BCUT2D eigenvalue weighted by atomic mass is 10.1. The molecule has 0 aliphatic carbocycles. The lowest BCUT2D eigenvalue weighted by molar-refractivity contribution is -0.117. The van der Waals surface area contributed by atoms with E-state index in [4.69, 9.17) is 0 Å². The van der Waals surface area contributed by atoms with Crippen molar-refractivity contribution in [2.45, 2.75) is 19.9 Å². The Morgan fingerprint density at radius 1 is 1.13 bits per heavy atom. The minimum absolute atomic E-state index is 0.102. The van der Waals surface area contributed by atoms with E-state index in [0.29, 0.717) is 22.6 Å². The summed E-state index contributed by atoms with van der Waals surface area (Å²) < 4.78 is 0. The van der Waals surface area contributed by atoms with Crippen LogP contribution in [0.1, 0.15) is 18.3 Å². The first-order chi connectivity index (χ1) is 15.0. The van der Waals surface area contributed by atoms with Crippen LogP contribution in [-0.4, -0.2) is 34.4 Å². The van der Waals surface area contributed by atoms with Crippen molar-refractivity contribution in [3.05, 3.63) is 82.4 Å². The number of carbonyl (C=O) groups is 1. The van der Waals surface area contributed by atoms with Crippen LogP contribution in [0.5, 0.6) is 0 Å². The second kappa shape index (κ2) is 9.24. The summed E-state index contributed by atoms with van der Waals surface area (Å²) in [6.45, 7) is 2.62. The molecule has 1 amide bonds. The molecular formula is C24H24N4O2S. The number of benzene rings is 2. The van der Waals surface area contributed by atoms with E-state index in [0.717, 1.165) is 28.1 Å². The molecule has 31 heavy (non-hydrogen) atoms. The predicted molar refractivity (Wildman–Crippen MR) is 126 cm³/mol. The monoisotopic (exact) mass is 432 g/mol. The number of thiophene rings is 1. The number of aryl methyl sites for hydroxylation is 1. The third-order valence-electron chi connectivity index (χ3n) is 5.02. The van der Waals surface area contributed by atoms with Gasteiger partial charge in [-0.15, -0.1) is 11.3 Å². The third kappa shape index (κ3) is 4.90. The van der Waals surface area contributed by atoms with E-state index < -0.39 is 0 Å². The standard InChI is InChI=1S/C24H24N4O2S/c1-3-16-9-7-8-12-19(16)25-22(29)15-28(2)14-21-26-23(30)18-13-20(31-24(18)27-21)17-10-5-4-6-11-17/h4-13H,3,14-15H2,1-2H3,(H,25,29)(H,26,27,30). The number of hydrogen-bond acceptors (Lipinski definition) is 5. The summed E-state index contributed by atoms with van der Waals surface area (Å²) in [5.74, 6) is 0.442. The fourth-order valence-electron chi connectivity index (χ4n) is 3.49. The van der Waals surface area contributed by atoms with Gasteiger partial charge in [0.2, 0.25) is 5.91 Å². The van der Waals surface area contributed by atoms with Crippen molar-refractivity contribution in [1.29, 1.82) is 0 Å². The normalized spacial score (nSPS) is 11.2. The Bertz CT molecular complexity index is 1260. The molecule has 0 bridgehead atoms. The van der Waals surface area contributed by atoms with Gasteiger partial charge in [-0.3, -0.25) is 14.5 Å². The van der Waals surface area contributed by atoms with Gasteiger partial charge in [-0.25, -0.2) is 4.98 Å². The minimum Gasteiger partial charge on any atom is -0.325 e. The van der Waals surface area contributed by atoms with E-state index in [1.54, 1.807) is 0 Å². The van der Waals surface area contributed by atoms with Crippen LogP contribution < -0.4 is 10.9 Å². The molecule has 4 rings (SSSR count). The fraction of sp³-hybridized carbons (Fsp3) is 0.208. The summed E-state index contributed by atoms with van der Waals surface area (Å²) in [7, 11) is 1.83.